The van der Waals surface area contributed by atoms with Gasteiger partial charge in [-0.2, -0.15) is 0 Å². The van der Waals surface area contributed by atoms with E-state index >= 15 is 0 Å². The molecule has 1 amide bonds. The second kappa shape index (κ2) is 6.32. The number of aryl methyl sites for hydroxylation is 2. The normalized spacial score (nSPS) is 10.8. The SMILES string of the molecule is CCc1ccc(NC(=O)C(=O)c2c(C)n(C)c3ccccc23)cc1. The van der Waals surface area contributed by atoms with Gasteiger partial charge in [0, 0.05) is 29.3 Å². The first-order valence-corrected chi connectivity index (χ1v) is 8.01. The molecular weight excluding hydrogens is 300 g/mol. The largest absolute Gasteiger partial charge is 0.347 e. The molecule has 24 heavy (non-hydrogen) atoms. The van der Waals surface area contributed by atoms with E-state index in [9.17, 15) is 9.59 Å². The topological polar surface area (TPSA) is 51.1 Å². The Kier molecular flexibility index (Phi) is 4.21. The Hall–Kier alpha value is -2.88. The van der Waals surface area contributed by atoms with Gasteiger partial charge in [-0.05, 0) is 37.1 Å². The summed E-state index contributed by atoms with van der Waals surface area (Å²) in [6, 6.07) is 15.1. The van der Waals surface area contributed by atoms with Crippen molar-refractivity contribution in [3.63, 3.8) is 0 Å². The van der Waals surface area contributed by atoms with Gasteiger partial charge >= 0.3 is 0 Å². The number of carbonyl (C=O) groups excluding carboxylic acids is 2. The zero-order chi connectivity index (χ0) is 17.3. The molecule has 4 heteroatoms. The monoisotopic (exact) mass is 320 g/mol. The Morgan fingerprint density at radius 2 is 1.71 bits per heavy atom. The van der Waals surface area contributed by atoms with E-state index in [4.69, 9.17) is 0 Å². The lowest BCUT2D eigenvalue weighted by Gasteiger charge is -2.06. The summed E-state index contributed by atoms with van der Waals surface area (Å²) >= 11 is 0. The summed E-state index contributed by atoms with van der Waals surface area (Å²) in [4.78, 5) is 25.1. The van der Waals surface area contributed by atoms with Crippen molar-refractivity contribution in [2.24, 2.45) is 7.05 Å². The van der Waals surface area contributed by atoms with Crippen molar-refractivity contribution in [3.8, 4) is 0 Å². The van der Waals surface area contributed by atoms with Crippen LogP contribution in [0.3, 0.4) is 0 Å². The molecule has 0 saturated carbocycles. The summed E-state index contributed by atoms with van der Waals surface area (Å²) < 4.78 is 1.94. The van der Waals surface area contributed by atoms with Crippen LogP contribution in [0.15, 0.2) is 48.5 Å². The molecule has 0 aliphatic heterocycles. The van der Waals surface area contributed by atoms with Crippen LogP contribution in [-0.4, -0.2) is 16.3 Å². The predicted molar refractivity (Wildman–Crippen MR) is 96.4 cm³/mol. The molecule has 0 aliphatic rings. The van der Waals surface area contributed by atoms with Crippen molar-refractivity contribution in [1.29, 1.82) is 0 Å². The van der Waals surface area contributed by atoms with Crippen LogP contribution < -0.4 is 5.32 Å². The maximum atomic E-state index is 12.7. The van der Waals surface area contributed by atoms with Crippen molar-refractivity contribution in [1.82, 2.24) is 4.57 Å². The van der Waals surface area contributed by atoms with Crippen LogP contribution in [0.2, 0.25) is 0 Å². The summed E-state index contributed by atoms with van der Waals surface area (Å²) in [5.74, 6) is -1.12. The standard InChI is InChI=1S/C20H20N2O2/c1-4-14-9-11-15(12-10-14)21-20(24)19(23)18-13(2)22(3)17-8-6-5-7-16(17)18/h5-12H,4H2,1-3H3,(H,21,24). The van der Waals surface area contributed by atoms with Crippen LogP contribution in [0.5, 0.6) is 0 Å². The van der Waals surface area contributed by atoms with Gasteiger partial charge in [0.25, 0.3) is 11.7 Å². The minimum Gasteiger partial charge on any atom is -0.347 e. The highest BCUT2D eigenvalue weighted by Crippen LogP contribution is 2.25. The molecular formula is C20H20N2O2. The number of rotatable bonds is 4. The molecule has 3 rings (SSSR count). The lowest BCUT2D eigenvalue weighted by Crippen LogP contribution is -2.23. The van der Waals surface area contributed by atoms with Crippen LogP contribution in [0.1, 0.15) is 28.5 Å². The van der Waals surface area contributed by atoms with Gasteiger partial charge in [-0.25, -0.2) is 0 Å². The lowest BCUT2D eigenvalue weighted by atomic mass is 10.1. The molecule has 1 N–H and O–H groups in total. The Labute approximate surface area is 141 Å². The molecule has 4 nitrogen and oxygen atoms in total. The van der Waals surface area contributed by atoms with E-state index in [2.05, 4.69) is 12.2 Å². The van der Waals surface area contributed by atoms with E-state index in [1.807, 2.05) is 67.1 Å². The van der Waals surface area contributed by atoms with Crippen LogP contribution in [-0.2, 0) is 18.3 Å². The van der Waals surface area contributed by atoms with Crippen molar-refractivity contribution >= 4 is 28.3 Å². The molecule has 0 spiro atoms. The van der Waals surface area contributed by atoms with Crippen molar-refractivity contribution < 1.29 is 9.59 Å². The van der Waals surface area contributed by atoms with Crippen molar-refractivity contribution in [3.05, 3.63) is 65.4 Å². The van der Waals surface area contributed by atoms with Gasteiger partial charge in [0.15, 0.2) is 0 Å². The predicted octanol–water partition coefficient (Wildman–Crippen LogP) is 3.87. The van der Waals surface area contributed by atoms with Gasteiger partial charge in [0.05, 0.1) is 5.56 Å². The average Bonchev–Trinajstić information content (AvgIpc) is 2.86. The van der Waals surface area contributed by atoms with Crippen LogP contribution in [0.4, 0.5) is 5.69 Å². The molecule has 0 bridgehead atoms. The maximum absolute atomic E-state index is 12.7. The summed E-state index contributed by atoms with van der Waals surface area (Å²) in [5, 5.41) is 3.50. The number of amides is 1. The first-order valence-electron chi connectivity index (χ1n) is 8.01. The number of anilines is 1. The minimum absolute atomic E-state index is 0.468. The third kappa shape index (κ3) is 2.71. The molecule has 0 aliphatic carbocycles. The van der Waals surface area contributed by atoms with E-state index in [1.54, 1.807) is 0 Å². The molecule has 0 saturated heterocycles. The Balaban J connectivity index is 1.91. The fourth-order valence-electron chi connectivity index (χ4n) is 2.93. The first kappa shape index (κ1) is 16.0. The van der Waals surface area contributed by atoms with E-state index in [0.29, 0.717) is 11.3 Å². The summed E-state index contributed by atoms with van der Waals surface area (Å²) in [6.07, 6.45) is 0.933. The molecule has 1 heterocycles. The van der Waals surface area contributed by atoms with E-state index in [0.717, 1.165) is 23.0 Å². The minimum atomic E-state index is -0.612. The Morgan fingerprint density at radius 3 is 2.38 bits per heavy atom. The van der Waals surface area contributed by atoms with Crippen LogP contribution >= 0.6 is 0 Å². The number of nitrogens with zero attached hydrogens (tertiary/aromatic N) is 1. The highest BCUT2D eigenvalue weighted by atomic mass is 16.2. The molecule has 0 atom stereocenters. The summed E-state index contributed by atoms with van der Waals surface area (Å²) in [7, 11) is 1.90. The van der Waals surface area contributed by atoms with Crippen LogP contribution in [0.25, 0.3) is 10.9 Å². The fourth-order valence-corrected chi connectivity index (χ4v) is 2.93. The van der Waals surface area contributed by atoms with Crippen molar-refractivity contribution in [2.75, 3.05) is 5.32 Å². The van der Waals surface area contributed by atoms with Gasteiger partial charge in [0.1, 0.15) is 0 Å². The smallest absolute Gasteiger partial charge is 0.296 e. The fraction of sp³-hybridized carbons (Fsp3) is 0.200. The Morgan fingerprint density at radius 1 is 1.04 bits per heavy atom. The third-order valence-corrected chi connectivity index (χ3v) is 4.45. The number of ketones is 1. The average molecular weight is 320 g/mol. The molecule has 0 radical (unpaired) electrons. The summed E-state index contributed by atoms with van der Waals surface area (Å²) in [6.45, 7) is 3.93. The molecule has 3 aromatic rings. The van der Waals surface area contributed by atoms with Gasteiger partial charge in [0.2, 0.25) is 0 Å². The summed E-state index contributed by atoms with van der Waals surface area (Å²) in [5.41, 5.74) is 4.01. The number of carbonyl (C=O) groups is 2. The number of aromatic nitrogens is 1. The maximum Gasteiger partial charge on any atom is 0.296 e. The third-order valence-electron chi connectivity index (χ3n) is 4.45. The molecule has 122 valence electrons. The van der Waals surface area contributed by atoms with Gasteiger partial charge < -0.3 is 9.88 Å². The number of benzene rings is 2. The van der Waals surface area contributed by atoms with Gasteiger partial charge in [-0.1, -0.05) is 37.3 Å². The molecule has 1 aromatic heterocycles. The van der Waals surface area contributed by atoms with E-state index in [1.165, 1.54) is 5.56 Å². The zero-order valence-corrected chi connectivity index (χ0v) is 14.1. The molecule has 0 unspecified atom stereocenters. The molecule has 2 aromatic carbocycles. The first-order chi connectivity index (χ1) is 11.5. The quantitative estimate of drug-likeness (QED) is 0.586. The second-order valence-electron chi connectivity index (χ2n) is 5.87. The number of hydrogen-bond acceptors (Lipinski definition) is 2. The number of Topliss-reactive ketones (excluding diaryl/α,β-unsaturated/α-hetero) is 1. The highest BCUT2D eigenvalue weighted by molar-refractivity contribution is 6.48. The number of para-hydroxylation sites is 1. The van der Waals surface area contributed by atoms with Crippen molar-refractivity contribution in [2.45, 2.75) is 20.3 Å². The van der Waals surface area contributed by atoms with E-state index < -0.39 is 11.7 Å². The van der Waals surface area contributed by atoms with Crippen LogP contribution in [0, 0.1) is 6.92 Å². The number of hydrogen-bond donors (Lipinski definition) is 1. The zero-order valence-electron chi connectivity index (χ0n) is 14.1. The number of fused-ring (bicyclic) bond motifs is 1. The highest BCUT2D eigenvalue weighted by Gasteiger charge is 2.24. The van der Waals surface area contributed by atoms with Gasteiger partial charge in [-0.15, -0.1) is 0 Å². The second-order valence-corrected chi connectivity index (χ2v) is 5.87. The molecule has 0 fully saturated rings. The Bertz CT molecular complexity index is 921. The van der Waals surface area contributed by atoms with Gasteiger partial charge in [-0.3, -0.25) is 9.59 Å². The van der Waals surface area contributed by atoms with E-state index in [-0.39, 0.29) is 0 Å². The lowest BCUT2D eigenvalue weighted by molar-refractivity contribution is -0.112. The number of nitrogens with one attached hydrogen (secondary N) is 1.